The van der Waals surface area contributed by atoms with Crippen LogP contribution in [0, 0.1) is 0 Å². The van der Waals surface area contributed by atoms with E-state index >= 15 is 0 Å². The molecule has 0 bridgehead atoms. The minimum atomic E-state index is -0.607. The lowest BCUT2D eigenvalue weighted by Crippen LogP contribution is -2.23. The van der Waals surface area contributed by atoms with E-state index in [1.165, 1.54) is 0 Å². The molecule has 0 saturated heterocycles. The van der Waals surface area contributed by atoms with Crippen molar-refractivity contribution in [2.75, 3.05) is 6.61 Å². The third-order valence-electron chi connectivity index (χ3n) is 3.07. The molecule has 0 aliphatic carbocycles. The monoisotopic (exact) mass is 269 g/mol. The van der Waals surface area contributed by atoms with Crippen LogP contribution in [0.15, 0.2) is 55.1 Å². The fourth-order valence-corrected chi connectivity index (χ4v) is 2.12. The van der Waals surface area contributed by atoms with E-state index in [0.717, 1.165) is 16.5 Å². The van der Waals surface area contributed by atoms with Crippen molar-refractivity contribution in [3.8, 4) is 5.75 Å². The Morgan fingerprint density at radius 3 is 2.65 bits per heavy atom. The molecule has 2 aromatic carbocycles. The Morgan fingerprint density at radius 1 is 1.05 bits per heavy atom. The number of fused-ring (bicyclic) bond motifs is 1. The summed E-state index contributed by atoms with van der Waals surface area (Å²) in [5, 5.41) is 19.5. The largest absolute Gasteiger partial charge is 0.490 e. The summed E-state index contributed by atoms with van der Waals surface area (Å²) in [4.78, 5) is 0. The molecule has 1 unspecified atom stereocenters. The Morgan fingerprint density at radius 2 is 1.80 bits per heavy atom. The number of hydrogen-bond acceptors (Lipinski definition) is 4. The average Bonchev–Trinajstić information content (AvgIpc) is 2.98. The fraction of sp³-hybridized carbons (Fsp3) is 0.200. The predicted octanol–water partition coefficient (Wildman–Crippen LogP) is 1.87. The molecule has 3 rings (SSSR count). The smallest absolute Gasteiger partial charge is 0.127 e. The Bertz CT molecular complexity index is 677. The van der Waals surface area contributed by atoms with Crippen molar-refractivity contribution in [3.63, 3.8) is 0 Å². The van der Waals surface area contributed by atoms with Crippen LogP contribution in [0.1, 0.15) is 0 Å². The Hall–Kier alpha value is -2.40. The number of aromatic nitrogens is 3. The van der Waals surface area contributed by atoms with E-state index in [0.29, 0.717) is 6.54 Å². The molecule has 20 heavy (non-hydrogen) atoms. The maximum atomic E-state index is 9.95. The molecule has 0 spiro atoms. The lowest BCUT2D eigenvalue weighted by atomic mass is 10.1. The van der Waals surface area contributed by atoms with Gasteiger partial charge in [-0.25, -0.2) is 0 Å². The summed E-state index contributed by atoms with van der Waals surface area (Å²) in [6.45, 7) is 0.643. The van der Waals surface area contributed by atoms with Gasteiger partial charge in [0.15, 0.2) is 0 Å². The van der Waals surface area contributed by atoms with Gasteiger partial charge in [0, 0.05) is 5.39 Å². The van der Waals surface area contributed by atoms with Gasteiger partial charge in [0.25, 0.3) is 0 Å². The molecule has 3 aromatic rings. The predicted molar refractivity (Wildman–Crippen MR) is 75.5 cm³/mol. The second-order valence-electron chi connectivity index (χ2n) is 4.60. The van der Waals surface area contributed by atoms with Crippen LogP contribution in [-0.2, 0) is 6.54 Å². The fourth-order valence-electron chi connectivity index (χ4n) is 2.12. The van der Waals surface area contributed by atoms with Crippen LogP contribution in [0.2, 0.25) is 0 Å². The van der Waals surface area contributed by atoms with Crippen molar-refractivity contribution in [2.45, 2.75) is 12.6 Å². The number of rotatable bonds is 5. The van der Waals surface area contributed by atoms with E-state index < -0.39 is 6.10 Å². The second-order valence-corrected chi connectivity index (χ2v) is 4.60. The van der Waals surface area contributed by atoms with E-state index in [1.54, 1.807) is 17.2 Å². The van der Waals surface area contributed by atoms with E-state index in [1.807, 2.05) is 42.5 Å². The molecule has 0 amide bonds. The van der Waals surface area contributed by atoms with Crippen molar-refractivity contribution in [3.05, 3.63) is 55.1 Å². The number of ether oxygens (including phenoxy) is 1. The molecule has 0 aliphatic rings. The first-order valence-electron chi connectivity index (χ1n) is 6.44. The van der Waals surface area contributed by atoms with Gasteiger partial charge in [-0.1, -0.05) is 36.4 Å². The summed E-state index contributed by atoms with van der Waals surface area (Å²) < 4.78 is 7.45. The molecule has 1 N–H and O–H groups in total. The van der Waals surface area contributed by atoms with E-state index in [-0.39, 0.29) is 6.61 Å². The van der Waals surface area contributed by atoms with Crippen LogP contribution in [0.4, 0.5) is 0 Å². The molecule has 5 nitrogen and oxygen atoms in total. The zero-order valence-electron chi connectivity index (χ0n) is 10.9. The minimum absolute atomic E-state index is 0.228. The van der Waals surface area contributed by atoms with Crippen LogP contribution in [0.25, 0.3) is 10.8 Å². The topological polar surface area (TPSA) is 60.2 Å². The number of aliphatic hydroxyl groups is 1. The van der Waals surface area contributed by atoms with Crippen molar-refractivity contribution in [1.82, 2.24) is 14.8 Å². The summed E-state index contributed by atoms with van der Waals surface area (Å²) in [5.41, 5.74) is 0. The zero-order valence-corrected chi connectivity index (χ0v) is 10.9. The van der Waals surface area contributed by atoms with E-state index in [2.05, 4.69) is 10.2 Å². The Kier molecular flexibility index (Phi) is 3.60. The maximum absolute atomic E-state index is 9.95. The van der Waals surface area contributed by atoms with Gasteiger partial charge < -0.3 is 14.4 Å². The van der Waals surface area contributed by atoms with E-state index in [9.17, 15) is 5.11 Å². The minimum Gasteiger partial charge on any atom is -0.490 e. The van der Waals surface area contributed by atoms with Gasteiger partial charge in [-0.05, 0) is 11.5 Å². The van der Waals surface area contributed by atoms with Gasteiger partial charge in [0.05, 0.1) is 6.54 Å². The lowest BCUT2D eigenvalue weighted by molar-refractivity contribution is 0.0931. The zero-order chi connectivity index (χ0) is 13.8. The standard InChI is InChI=1S/C15H15N3O2/c19-13(8-18-10-16-17-11-18)9-20-15-7-3-5-12-4-1-2-6-14(12)15/h1-7,10-11,13,19H,8-9H2. The summed E-state index contributed by atoms with van der Waals surface area (Å²) in [5.74, 6) is 0.783. The van der Waals surface area contributed by atoms with Crippen LogP contribution < -0.4 is 4.74 Å². The Labute approximate surface area is 116 Å². The number of benzene rings is 2. The molecule has 0 aliphatic heterocycles. The third-order valence-corrected chi connectivity index (χ3v) is 3.07. The van der Waals surface area contributed by atoms with Gasteiger partial charge in [-0.3, -0.25) is 0 Å². The van der Waals surface area contributed by atoms with Gasteiger partial charge in [0.1, 0.15) is 31.1 Å². The van der Waals surface area contributed by atoms with Gasteiger partial charge >= 0.3 is 0 Å². The van der Waals surface area contributed by atoms with Crippen molar-refractivity contribution >= 4 is 10.8 Å². The molecule has 5 heteroatoms. The van der Waals surface area contributed by atoms with Gasteiger partial charge in [0.2, 0.25) is 0 Å². The van der Waals surface area contributed by atoms with Gasteiger partial charge in [-0.15, -0.1) is 10.2 Å². The first kappa shape index (κ1) is 12.6. The third kappa shape index (κ3) is 2.78. The highest BCUT2D eigenvalue weighted by atomic mass is 16.5. The number of hydrogen-bond donors (Lipinski definition) is 1. The number of nitrogens with zero attached hydrogens (tertiary/aromatic N) is 3. The highest BCUT2D eigenvalue weighted by Crippen LogP contribution is 2.25. The molecule has 1 heterocycles. The van der Waals surface area contributed by atoms with E-state index in [4.69, 9.17) is 4.74 Å². The Balaban J connectivity index is 1.67. The highest BCUT2D eigenvalue weighted by Gasteiger charge is 2.08. The van der Waals surface area contributed by atoms with Crippen LogP contribution in [0.5, 0.6) is 5.75 Å². The molecular weight excluding hydrogens is 254 g/mol. The number of aliphatic hydroxyl groups excluding tert-OH is 1. The molecular formula is C15H15N3O2. The quantitative estimate of drug-likeness (QED) is 0.768. The molecule has 102 valence electrons. The van der Waals surface area contributed by atoms with Crippen molar-refractivity contribution < 1.29 is 9.84 Å². The lowest BCUT2D eigenvalue weighted by Gasteiger charge is -2.14. The SMILES string of the molecule is OC(COc1cccc2ccccc12)Cn1cnnc1. The maximum Gasteiger partial charge on any atom is 0.127 e. The van der Waals surface area contributed by atoms with Crippen molar-refractivity contribution in [1.29, 1.82) is 0 Å². The molecule has 0 radical (unpaired) electrons. The first-order chi connectivity index (χ1) is 9.83. The van der Waals surface area contributed by atoms with Crippen LogP contribution in [0.3, 0.4) is 0 Å². The normalized spacial score (nSPS) is 12.4. The summed E-state index contributed by atoms with van der Waals surface area (Å²) in [6, 6.07) is 13.9. The first-order valence-corrected chi connectivity index (χ1v) is 6.44. The molecule has 1 atom stereocenters. The molecule has 0 fully saturated rings. The molecule has 1 aromatic heterocycles. The summed E-state index contributed by atoms with van der Waals surface area (Å²) >= 11 is 0. The van der Waals surface area contributed by atoms with Gasteiger partial charge in [-0.2, -0.15) is 0 Å². The summed E-state index contributed by atoms with van der Waals surface area (Å²) in [7, 11) is 0. The second kappa shape index (κ2) is 5.71. The van der Waals surface area contributed by atoms with Crippen molar-refractivity contribution in [2.24, 2.45) is 0 Å². The van der Waals surface area contributed by atoms with Crippen LogP contribution in [-0.4, -0.2) is 32.6 Å². The summed E-state index contributed by atoms with van der Waals surface area (Å²) in [6.07, 6.45) is 2.53. The highest BCUT2D eigenvalue weighted by molar-refractivity contribution is 5.88. The average molecular weight is 269 g/mol. The molecule has 0 saturated carbocycles. The van der Waals surface area contributed by atoms with Crippen LogP contribution >= 0.6 is 0 Å².